The third-order valence-electron chi connectivity index (χ3n) is 4.19. The third kappa shape index (κ3) is 2.24. The van der Waals surface area contributed by atoms with Gasteiger partial charge in [0.05, 0.1) is 27.1 Å². The molecule has 23 heavy (non-hydrogen) atoms. The molecule has 1 N–H and O–H groups in total. The summed E-state index contributed by atoms with van der Waals surface area (Å²) in [5, 5.41) is 16.3. The van der Waals surface area contributed by atoms with E-state index < -0.39 is 0 Å². The average Bonchev–Trinajstić information content (AvgIpc) is 3.12. The molecule has 1 fully saturated rings. The molecule has 1 aromatic carbocycles. The summed E-state index contributed by atoms with van der Waals surface area (Å²) in [5.74, 6) is 0.590. The van der Waals surface area contributed by atoms with Crippen LogP contribution in [0.2, 0.25) is 0 Å². The molecule has 0 unspecified atom stereocenters. The van der Waals surface area contributed by atoms with Crippen LogP contribution < -0.4 is 5.32 Å². The van der Waals surface area contributed by atoms with Gasteiger partial charge in [-0.05, 0) is 30.5 Å². The lowest BCUT2D eigenvalue weighted by Crippen LogP contribution is -2.05. The number of hydrogen-bond acceptors (Lipinski definition) is 6. The standard InChI is InChI=1S/C16H14N6S/c1-2-11(15-12(3-1)18-9-23-15)7-17-14-6-13(10-4-5-10)21-22-8-19-20-16(14)22/h1-3,6,8-10,17H,4-5,7H2. The molecule has 4 aromatic rings. The van der Waals surface area contributed by atoms with E-state index in [0.29, 0.717) is 5.92 Å². The number of anilines is 1. The number of benzene rings is 1. The molecule has 0 spiro atoms. The molecule has 6 nitrogen and oxygen atoms in total. The smallest absolute Gasteiger partial charge is 0.200 e. The molecule has 3 heterocycles. The van der Waals surface area contributed by atoms with Gasteiger partial charge < -0.3 is 5.32 Å². The van der Waals surface area contributed by atoms with E-state index in [1.807, 2.05) is 17.6 Å². The van der Waals surface area contributed by atoms with Gasteiger partial charge in [0.1, 0.15) is 6.33 Å². The molecule has 3 aromatic heterocycles. The summed E-state index contributed by atoms with van der Waals surface area (Å²) >= 11 is 1.68. The summed E-state index contributed by atoms with van der Waals surface area (Å²) in [5.41, 5.74) is 7.06. The largest absolute Gasteiger partial charge is 0.378 e. The van der Waals surface area contributed by atoms with E-state index in [1.54, 1.807) is 22.2 Å². The minimum Gasteiger partial charge on any atom is -0.378 e. The van der Waals surface area contributed by atoms with Crippen LogP contribution in [0.3, 0.4) is 0 Å². The number of hydrogen-bond donors (Lipinski definition) is 1. The fourth-order valence-corrected chi connectivity index (χ4v) is 3.63. The Bertz CT molecular complexity index is 1000. The average molecular weight is 322 g/mol. The first-order valence-corrected chi connectivity index (χ1v) is 8.52. The Kier molecular flexibility index (Phi) is 2.81. The Morgan fingerprint density at radius 2 is 2.26 bits per heavy atom. The maximum absolute atomic E-state index is 4.60. The van der Waals surface area contributed by atoms with Gasteiger partial charge in [0, 0.05) is 12.5 Å². The second-order valence-corrected chi connectivity index (χ2v) is 6.68. The molecule has 1 aliphatic carbocycles. The van der Waals surface area contributed by atoms with E-state index in [-0.39, 0.29) is 0 Å². The second kappa shape index (κ2) is 4.99. The van der Waals surface area contributed by atoms with E-state index >= 15 is 0 Å². The predicted molar refractivity (Wildman–Crippen MR) is 89.7 cm³/mol. The van der Waals surface area contributed by atoms with Gasteiger partial charge in [0.15, 0.2) is 0 Å². The molecule has 0 amide bonds. The number of nitrogens with one attached hydrogen (secondary N) is 1. The van der Waals surface area contributed by atoms with Crippen molar-refractivity contribution in [3.05, 3.63) is 47.4 Å². The van der Waals surface area contributed by atoms with Crippen molar-refractivity contribution in [2.45, 2.75) is 25.3 Å². The zero-order chi connectivity index (χ0) is 15.2. The number of aromatic nitrogens is 5. The molecular weight excluding hydrogens is 308 g/mol. The third-order valence-corrected chi connectivity index (χ3v) is 5.11. The quantitative estimate of drug-likeness (QED) is 0.625. The highest BCUT2D eigenvalue weighted by molar-refractivity contribution is 7.16. The number of thiazole rings is 1. The van der Waals surface area contributed by atoms with Crippen LogP contribution in [0, 0.1) is 0 Å². The summed E-state index contributed by atoms with van der Waals surface area (Å²) in [7, 11) is 0. The van der Waals surface area contributed by atoms with Crippen LogP contribution in [0.1, 0.15) is 30.0 Å². The number of rotatable bonds is 4. The topological polar surface area (TPSA) is 68.0 Å². The fourth-order valence-electron chi connectivity index (χ4n) is 2.83. The van der Waals surface area contributed by atoms with Crippen LogP contribution in [0.25, 0.3) is 15.9 Å². The van der Waals surface area contributed by atoms with E-state index in [4.69, 9.17) is 0 Å². The first-order valence-electron chi connectivity index (χ1n) is 7.64. The molecule has 0 saturated heterocycles. The van der Waals surface area contributed by atoms with Crippen molar-refractivity contribution in [2.24, 2.45) is 0 Å². The Labute approximate surface area is 136 Å². The highest BCUT2D eigenvalue weighted by Gasteiger charge is 2.26. The molecular formula is C16H14N6S. The normalized spacial score (nSPS) is 14.6. The van der Waals surface area contributed by atoms with Gasteiger partial charge in [-0.1, -0.05) is 12.1 Å². The lowest BCUT2D eigenvalue weighted by atomic mass is 10.2. The van der Waals surface area contributed by atoms with Gasteiger partial charge in [0.2, 0.25) is 5.65 Å². The molecule has 1 aliphatic rings. The van der Waals surface area contributed by atoms with Crippen molar-refractivity contribution in [3.63, 3.8) is 0 Å². The van der Waals surface area contributed by atoms with Crippen molar-refractivity contribution in [1.82, 2.24) is 24.8 Å². The van der Waals surface area contributed by atoms with Gasteiger partial charge in [0.25, 0.3) is 0 Å². The van der Waals surface area contributed by atoms with Gasteiger partial charge in [-0.15, -0.1) is 21.5 Å². The van der Waals surface area contributed by atoms with Gasteiger partial charge in [-0.3, -0.25) is 0 Å². The van der Waals surface area contributed by atoms with E-state index in [9.17, 15) is 0 Å². The predicted octanol–water partition coefficient (Wildman–Crippen LogP) is 3.22. The molecule has 7 heteroatoms. The number of nitrogens with zero attached hydrogens (tertiary/aromatic N) is 5. The molecule has 0 aliphatic heterocycles. The SMILES string of the molecule is c1cc(CNc2cc(C3CC3)nn3cnnc23)c2scnc2c1. The summed E-state index contributed by atoms with van der Waals surface area (Å²) < 4.78 is 3.00. The maximum Gasteiger partial charge on any atom is 0.200 e. The van der Waals surface area contributed by atoms with Crippen molar-refractivity contribution in [3.8, 4) is 0 Å². The fraction of sp³-hybridized carbons (Fsp3) is 0.250. The minimum absolute atomic E-state index is 0.590. The van der Waals surface area contributed by atoms with Crippen LogP contribution in [0.4, 0.5) is 5.69 Å². The van der Waals surface area contributed by atoms with Crippen molar-refractivity contribution in [2.75, 3.05) is 5.32 Å². The highest BCUT2D eigenvalue weighted by atomic mass is 32.1. The summed E-state index contributed by atoms with van der Waals surface area (Å²) in [4.78, 5) is 4.38. The molecule has 114 valence electrons. The summed E-state index contributed by atoms with van der Waals surface area (Å²) in [6.45, 7) is 0.732. The monoisotopic (exact) mass is 322 g/mol. The zero-order valence-corrected chi connectivity index (χ0v) is 13.1. The zero-order valence-electron chi connectivity index (χ0n) is 12.3. The first kappa shape index (κ1) is 13.0. The summed E-state index contributed by atoms with van der Waals surface area (Å²) in [6, 6.07) is 8.35. The van der Waals surface area contributed by atoms with Crippen LogP contribution in [-0.4, -0.2) is 24.8 Å². The van der Waals surface area contributed by atoms with E-state index in [0.717, 1.165) is 29.1 Å². The lowest BCUT2D eigenvalue weighted by molar-refractivity contribution is 0.850. The second-order valence-electron chi connectivity index (χ2n) is 5.83. The Morgan fingerprint density at radius 3 is 3.17 bits per heavy atom. The van der Waals surface area contributed by atoms with Crippen molar-refractivity contribution >= 4 is 32.9 Å². The van der Waals surface area contributed by atoms with Crippen LogP contribution in [0.15, 0.2) is 36.1 Å². The van der Waals surface area contributed by atoms with Gasteiger partial charge in [-0.25, -0.2) is 4.98 Å². The Morgan fingerprint density at radius 1 is 1.30 bits per heavy atom. The maximum atomic E-state index is 4.60. The minimum atomic E-state index is 0.590. The molecule has 0 bridgehead atoms. The van der Waals surface area contributed by atoms with Gasteiger partial charge in [-0.2, -0.15) is 9.61 Å². The Hall–Kier alpha value is -2.54. The van der Waals surface area contributed by atoms with E-state index in [2.05, 4.69) is 37.7 Å². The van der Waals surface area contributed by atoms with Crippen LogP contribution >= 0.6 is 11.3 Å². The van der Waals surface area contributed by atoms with Crippen LogP contribution in [-0.2, 0) is 6.54 Å². The Balaban J connectivity index is 1.51. The lowest BCUT2D eigenvalue weighted by Gasteiger charge is -2.09. The number of fused-ring (bicyclic) bond motifs is 2. The van der Waals surface area contributed by atoms with Crippen LogP contribution in [0.5, 0.6) is 0 Å². The highest BCUT2D eigenvalue weighted by Crippen LogP contribution is 2.40. The molecule has 0 radical (unpaired) electrons. The summed E-state index contributed by atoms with van der Waals surface area (Å²) in [6.07, 6.45) is 4.11. The molecule has 0 atom stereocenters. The van der Waals surface area contributed by atoms with E-state index in [1.165, 1.54) is 23.1 Å². The molecule has 1 saturated carbocycles. The molecule has 5 rings (SSSR count). The van der Waals surface area contributed by atoms with Crippen molar-refractivity contribution in [1.29, 1.82) is 0 Å². The van der Waals surface area contributed by atoms with Crippen molar-refractivity contribution < 1.29 is 0 Å². The van der Waals surface area contributed by atoms with Gasteiger partial charge >= 0.3 is 0 Å². The first-order chi connectivity index (χ1) is 11.4.